The Morgan fingerprint density at radius 3 is 1.04 bits per heavy atom. The number of thiocarbonyl (C=S) groups is 2. The molecule has 0 radical (unpaired) electrons. The molecule has 4 N–H and O–H groups in total. The van der Waals surface area contributed by atoms with Crippen molar-refractivity contribution in [3.05, 3.63) is 59.7 Å². The summed E-state index contributed by atoms with van der Waals surface area (Å²) in [4.78, 5) is 95.7. The number of ether oxygens (including phenoxy) is 14. The third-order valence-corrected chi connectivity index (χ3v) is 11.1. The summed E-state index contributed by atoms with van der Waals surface area (Å²) in [5.41, 5.74) is 2.67. The molecule has 2 aliphatic heterocycles. The topological polar surface area (TPSA) is 314 Å². The number of hydrogen-bond acceptors (Lipinski definition) is 24. The Morgan fingerprint density at radius 1 is 0.423 bits per heavy atom. The minimum absolute atomic E-state index is 0.0596. The second kappa shape index (κ2) is 32.9. The van der Waals surface area contributed by atoms with Crippen LogP contribution in [0.1, 0.15) is 66.5 Å². The zero-order valence-corrected chi connectivity index (χ0v) is 45.9. The number of nitrogens with one attached hydrogen (secondary N) is 4. The van der Waals surface area contributed by atoms with Gasteiger partial charge in [-0.05, 0) is 59.8 Å². The van der Waals surface area contributed by atoms with Gasteiger partial charge < -0.3 is 87.6 Å². The van der Waals surface area contributed by atoms with E-state index in [9.17, 15) is 38.4 Å². The number of benzene rings is 2. The molecule has 0 spiro atoms. The molecule has 0 aromatic heterocycles. The molecule has 78 heavy (non-hydrogen) atoms. The lowest BCUT2D eigenvalue weighted by molar-refractivity contribution is -0.310. The molecule has 26 nitrogen and oxygen atoms in total. The smallest absolute Gasteiger partial charge is 0.303 e. The van der Waals surface area contributed by atoms with Crippen molar-refractivity contribution >= 4 is 93.8 Å². The van der Waals surface area contributed by atoms with E-state index in [1.807, 2.05) is 0 Å². The van der Waals surface area contributed by atoms with Gasteiger partial charge in [0.1, 0.15) is 25.4 Å². The van der Waals surface area contributed by atoms with E-state index in [0.717, 1.165) is 41.5 Å². The minimum atomic E-state index is -1.35. The number of carbonyl (C=O) groups is 8. The summed E-state index contributed by atoms with van der Waals surface area (Å²) in [5, 5.41) is 13.0. The van der Waals surface area contributed by atoms with Gasteiger partial charge in [0.2, 0.25) is 0 Å². The maximum atomic E-state index is 12.1. The van der Waals surface area contributed by atoms with Crippen molar-refractivity contribution in [1.29, 1.82) is 0 Å². The van der Waals surface area contributed by atoms with Crippen LogP contribution in [-0.2, 0) is 118 Å². The van der Waals surface area contributed by atoms with Gasteiger partial charge in [0.05, 0.1) is 39.6 Å². The molecule has 0 unspecified atom stereocenters. The maximum Gasteiger partial charge on any atom is 0.303 e. The summed E-state index contributed by atoms with van der Waals surface area (Å²) in [6.07, 6.45) is -13.0. The molecule has 28 heteroatoms. The molecule has 0 amide bonds. The van der Waals surface area contributed by atoms with Crippen molar-refractivity contribution in [1.82, 2.24) is 10.6 Å². The van der Waals surface area contributed by atoms with E-state index in [4.69, 9.17) is 90.8 Å². The highest BCUT2D eigenvalue weighted by molar-refractivity contribution is 7.80. The van der Waals surface area contributed by atoms with Crippen LogP contribution < -0.4 is 21.3 Å². The number of anilines is 2. The Morgan fingerprint density at radius 2 is 0.731 bits per heavy atom. The molecule has 2 heterocycles. The third-order valence-electron chi connectivity index (χ3n) is 10.6. The van der Waals surface area contributed by atoms with Crippen molar-refractivity contribution in [2.45, 2.75) is 130 Å². The quantitative estimate of drug-likeness (QED) is 0.0431. The Balaban J connectivity index is 1.13. The third kappa shape index (κ3) is 23.1. The summed E-state index contributed by atoms with van der Waals surface area (Å²) in [5.74, 6) is -5.76. The molecule has 0 saturated carbocycles. The van der Waals surface area contributed by atoms with E-state index >= 15 is 0 Å². The van der Waals surface area contributed by atoms with Crippen LogP contribution in [0.15, 0.2) is 48.5 Å². The van der Waals surface area contributed by atoms with Gasteiger partial charge in [-0.15, -0.1) is 0 Å². The van der Waals surface area contributed by atoms with Gasteiger partial charge in [-0.25, -0.2) is 0 Å². The molecule has 4 rings (SSSR count). The predicted molar refractivity (Wildman–Crippen MR) is 276 cm³/mol. The summed E-state index contributed by atoms with van der Waals surface area (Å²) in [6, 6.07) is 14.0. The van der Waals surface area contributed by atoms with E-state index in [1.165, 1.54) is 13.8 Å². The zero-order chi connectivity index (χ0) is 57.3. The predicted octanol–water partition coefficient (Wildman–Crippen LogP) is 2.19. The van der Waals surface area contributed by atoms with Crippen LogP contribution in [-0.4, -0.2) is 172 Å². The van der Waals surface area contributed by atoms with Crippen molar-refractivity contribution in [3.8, 4) is 0 Å². The Kier molecular flexibility index (Phi) is 27.0. The second-order valence-corrected chi connectivity index (χ2v) is 18.0. The van der Waals surface area contributed by atoms with Crippen LogP contribution in [0.4, 0.5) is 11.4 Å². The second-order valence-electron chi connectivity index (χ2n) is 17.1. The standard InChI is InChI=1S/C50H66N4O22S2/c1-27(55)65-25-39-41(69-29(3)57)43(71-31(5)59)45(73-33(7)61)47(75-39)67-23-35-9-13-37(14-10-35)53-49(77)51-17-19-63-21-22-64-20-18-52-50(78)54-38-15-11-36(12-16-38)24-68-48-46(74-34(8)62)44(72-32(6)60)42(70-30(4)58)40(76-48)26-66-28(2)56/h9-16,39-48H,17-26H2,1-8H3,(H2,51,53,77)(H2,52,54,78)/t39-,40-,41-,42-,43+,44+,45+,46+,47+,48+/m1/s1. The highest BCUT2D eigenvalue weighted by atomic mass is 32.1. The molecule has 2 aromatic carbocycles. The minimum Gasteiger partial charge on any atom is -0.463 e. The van der Waals surface area contributed by atoms with Crippen LogP contribution >= 0.6 is 24.4 Å². The van der Waals surface area contributed by atoms with Gasteiger partial charge >= 0.3 is 47.8 Å². The van der Waals surface area contributed by atoms with Crippen molar-refractivity contribution in [2.24, 2.45) is 0 Å². The molecular formula is C50H66N4O22S2. The van der Waals surface area contributed by atoms with Gasteiger partial charge in [0, 0.05) is 79.9 Å². The molecule has 2 aromatic rings. The summed E-state index contributed by atoms with van der Waals surface area (Å²) >= 11 is 10.8. The van der Waals surface area contributed by atoms with Crippen molar-refractivity contribution < 1.29 is 105 Å². The van der Waals surface area contributed by atoms with Crippen LogP contribution in [0.3, 0.4) is 0 Å². The number of carbonyl (C=O) groups excluding carboxylic acids is 8. The molecule has 2 saturated heterocycles. The zero-order valence-electron chi connectivity index (χ0n) is 44.3. The van der Waals surface area contributed by atoms with E-state index < -0.39 is 109 Å². The summed E-state index contributed by atoms with van der Waals surface area (Å²) in [7, 11) is 0. The van der Waals surface area contributed by atoms with Gasteiger partial charge in [-0.2, -0.15) is 0 Å². The number of esters is 8. The first-order valence-corrected chi connectivity index (χ1v) is 25.2. The fourth-order valence-electron chi connectivity index (χ4n) is 7.52. The number of hydrogen-bond donors (Lipinski definition) is 4. The van der Waals surface area contributed by atoms with E-state index in [-0.39, 0.29) is 26.4 Å². The molecule has 430 valence electrons. The normalized spacial score (nSPS) is 22.5. The van der Waals surface area contributed by atoms with Gasteiger partial charge in [0.15, 0.2) is 59.4 Å². The Hall–Kier alpha value is -6.66. The lowest BCUT2D eigenvalue weighted by atomic mass is 9.98. The maximum absolute atomic E-state index is 12.1. The van der Waals surface area contributed by atoms with Gasteiger partial charge in [-0.3, -0.25) is 38.4 Å². The van der Waals surface area contributed by atoms with Gasteiger partial charge in [0.25, 0.3) is 0 Å². The summed E-state index contributed by atoms with van der Waals surface area (Å²) in [6.45, 7) is 10.5. The molecular weight excluding hydrogens is 1070 g/mol. The summed E-state index contributed by atoms with van der Waals surface area (Å²) < 4.78 is 78.1. The SMILES string of the molecule is CC(=O)OC[C@H]1O[C@H](OCc2ccc(NC(=S)NCCOCCOCCNC(=S)Nc3ccc(CO[C@H]4O[C@H](COC(C)=O)[C@@H](OC(C)=O)[C@H](OC(C)=O)[C@@H]4OC(C)=O)cc3)cc2)[C@@H](OC(C)=O)[C@@H](OC(C)=O)[C@@H]1OC(C)=O. The highest BCUT2D eigenvalue weighted by Gasteiger charge is 2.54. The average Bonchev–Trinajstić information content (AvgIpc) is 3.35. The van der Waals surface area contributed by atoms with E-state index in [2.05, 4.69) is 21.3 Å². The first kappa shape index (κ1) is 63.9. The van der Waals surface area contributed by atoms with Crippen molar-refractivity contribution in [2.75, 3.05) is 63.4 Å². The molecule has 2 fully saturated rings. The van der Waals surface area contributed by atoms with Crippen LogP contribution in [0.5, 0.6) is 0 Å². The van der Waals surface area contributed by atoms with E-state index in [1.54, 1.807) is 48.5 Å². The molecule has 2 aliphatic rings. The molecule has 10 atom stereocenters. The lowest BCUT2D eigenvalue weighted by Crippen LogP contribution is -2.62. The first-order valence-electron chi connectivity index (χ1n) is 24.4. The molecule has 0 bridgehead atoms. The Labute approximate surface area is 460 Å². The van der Waals surface area contributed by atoms with E-state index in [0.29, 0.717) is 72.2 Å². The van der Waals surface area contributed by atoms with Gasteiger partial charge in [-0.1, -0.05) is 24.3 Å². The van der Waals surface area contributed by atoms with Crippen LogP contribution in [0.2, 0.25) is 0 Å². The monoisotopic (exact) mass is 1140 g/mol. The van der Waals surface area contributed by atoms with Crippen LogP contribution in [0, 0.1) is 0 Å². The Bertz CT molecular complexity index is 2200. The largest absolute Gasteiger partial charge is 0.463 e. The fraction of sp³-hybridized carbons (Fsp3) is 0.560. The fourth-order valence-corrected chi connectivity index (χ4v) is 7.96. The first-order chi connectivity index (χ1) is 37.1. The van der Waals surface area contributed by atoms with Crippen molar-refractivity contribution in [3.63, 3.8) is 0 Å². The number of rotatable bonds is 27. The molecule has 0 aliphatic carbocycles. The lowest BCUT2D eigenvalue weighted by Gasteiger charge is -2.44. The average molecular weight is 1140 g/mol. The van der Waals surface area contributed by atoms with Crippen LogP contribution in [0.25, 0.3) is 0 Å². The highest BCUT2D eigenvalue weighted by Crippen LogP contribution is 2.32.